The molecule has 0 unspecified atom stereocenters. The summed E-state index contributed by atoms with van der Waals surface area (Å²) in [6.07, 6.45) is 7.71. The second-order valence-electron chi connectivity index (χ2n) is 3.28. The Morgan fingerprint density at radius 3 is 2.57 bits per heavy atom. The van der Waals surface area contributed by atoms with Crippen molar-refractivity contribution in [2.45, 2.75) is 20.8 Å². The van der Waals surface area contributed by atoms with Gasteiger partial charge in [0.05, 0.1) is 0 Å². The summed E-state index contributed by atoms with van der Waals surface area (Å²) in [5.41, 5.74) is 2.98. The molecule has 2 radical (unpaired) electrons. The largest absolute Gasteiger partial charge is 0.382 e. The molecule has 0 aromatic carbocycles. The van der Waals surface area contributed by atoms with E-state index in [2.05, 4.69) is 24.9 Å². The molecule has 0 spiro atoms. The lowest BCUT2D eigenvalue weighted by Crippen LogP contribution is -2.13. The summed E-state index contributed by atoms with van der Waals surface area (Å²) in [6.45, 7) is 10.7. The van der Waals surface area contributed by atoms with Gasteiger partial charge in [0, 0.05) is 12.2 Å². The molecule has 0 aliphatic carbocycles. The summed E-state index contributed by atoms with van der Waals surface area (Å²) in [6, 6.07) is 0. The van der Waals surface area contributed by atoms with Crippen molar-refractivity contribution in [1.29, 1.82) is 0 Å². The summed E-state index contributed by atoms with van der Waals surface area (Å²) in [7, 11) is 5.47. The van der Waals surface area contributed by atoms with Gasteiger partial charge in [0.15, 0.2) is 0 Å². The summed E-state index contributed by atoms with van der Waals surface area (Å²) in [4.78, 5) is 0. The van der Waals surface area contributed by atoms with E-state index >= 15 is 0 Å². The third-order valence-electron chi connectivity index (χ3n) is 1.74. The third-order valence-corrected chi connectivity index (χ3v) is 1.74. The van der Waals surface area contributed by atoms with Gasteiger partial charge >= 0.3 is 0 Å². The van der Waals surface area contributed by atoms with Crippen molar-refractivity contribution >= 4 is 7.85 Å². The first kappa shape index (κ1) is 12.8. The Bertz CT molecular complexity index is 268. The highest BCUT2D eigenvalue weighted by molar-refractivity contribution is 6.21. The van der Waals surface area contributed by atoms with Crippen LogP contribution < -0.4 is 5.32 Å². The molecular weight excluding hydrogens is 169 g/mol. The molecule has 0 bridgehead atoms. The summed E-state index contributed by atoms with van der Waals surface area (Å²) in [5, 5.41) is 3.19. The Balaban J connectivity index is 3.88. The van der Waals surface area contributed by atoms with E-state index in [1.807, 2.05) is 32.1 Å². The molecule has 2 heteroatoms. The zero-order valence-corrected chi connectivity index (χ0v) is 9.30. The van der Waals surface area contributed by atoms with E-state index in [-0.39, 0.29) is 0 Å². The molecule has 0 aliphatic heterocycles. The maximum Gasteiger partial charge on any atom is 0.107 e. The van der Waals surface area contributed by atoms with Crippen LogP contribution in [0, 0.1) is 0 Å². The van der Waals surface area contributed by atoms with Gasteiger partial charge in [0.25, 0.3) is 0 Å². The first-order chi connectivity index (χ1) is 6.56. The topological polar surface area (TPSA) is 12.0 Å². The lowest BCUT2D eigenvalue weighted by Gasteiger charge is -2.04. The molecule has 0 fully saturated rings. The van der Waals surface area contributed by atoms with E-state index < -0.39 is 0 Å². The van der Waals surface area contributed by atoms with E-state index in [9.17, 15) is 0 Å². The monoisotopic (exact) mass is 187 g/mol. The van der Waals surface area contributed by atoms with Crippen LogP contribution in [0.4, 0.5) is 0 Å². The van der Waals surface area contributed by atoms with Crippen LogP contribution >= 0.6 is 0 Å². The minimum absolute atomic E-state index is 0.790. The van der Waals surface area contributed by atoms with E-state index in [1.54, 1.807) is 0 Å². The first-order valence-electron chi connectivity index (χ1n) is 4.71. The van der Waals surface area contributed by atoms with Crippen molar-refractivity contribution in [2.75, 3.05) is 6.54 Å². The number of hydrogen-bond acceptors (Lipinski definition) is 1. The molecule has 0 aliphatic rings. The van der Waals surface area contributed by atoms with Gasteiger partial charge in [-0.1, -0.05) is 37.3 Å². The van der Waals surface area contributed by atoms with Crippen molar-refractivity contribution in [1.82, 2.24) is 5.32 Å². The van der Waals surface area contributed by atoms with Crippen LogP contribution in [0.2, 0.25) is 0 Å². The van der Waals surface area contributed by atoms with Crippen LogP contribution in [-0.2, 0) is 0 Å². The summed E-state index contributed by atoms with van der Waals surface area (Å²) in [5.74, 6) is 0. The van der Waals surface area contributed by atoms with E-state index in [0.29, 0.717) is 0 Å². The Kier molecular flexibility index (Phi) is 6.64. The van der Waals surface area contributed by atoms with Crippen molar-refractivity contribution in [3.8, 4) is 0 Å². The lowest BCUT2D eigenvalue weighted by molar-refractivity contribution is 0.897. The molecule has 1 nitrogen and oxygen atoms in total. The lowest BCUT2D eigenvalue weighted by atomic mass is 9.98. The predicted octanol–water partition coefficient (Wildman–Crippen LogP) is 2.68. The highest BCUT2D eigenvalue weighted by atomic mass is 14.9. The van der Waals surface area contributed by atoms with Gasteiger partial charge < -0.3 is 5.32 Å². The smallest absolute Gasteiger partial charge is 0.107 e. The molecule has 0 aromatic rings. The summed E-state index contributed by atoms with van der Waals surface area (Å²) >= 11 is 0. The standard InChI is InChI=1S/C12H18BN/c1-5-10(2)9-14-12(4)8-6-7-11(3)13/h5-8,14H,4,9H2,1-3H3/b8-6-,10-5+,11-7+. The number of nitrogens with one attached hydrogen (secondary N) is 1. The van der Waals surface area contributed by atoms with Crippen molar-refractivity contribution in [3.63, 3.8) is 0 Å². The zero-order valence-electron chi connectivity index (χ0n) is 9.30. The molecule has 0 saturated heterocycles. The summed E-state index contributed by atoms with van der Waals surface area (Å²) < 4.78 is 0. The van der Waals surface area contributed by atoms with Gasteiger partial charge in [-0.2, -0.15) is 0 Å². The quantitative estimate of drug-likeness (QED) is 0.396. The molecule has 0 aromatic heterocycles. The fourth-order valence-electron chi connectivity index (χ4n) is 0.730. The molecule has 14 heavy (non-hydrogen) atoms. The number of allylic oxidation sites excluding steroid dienone is 5. The second kappa shape index (κ2) is 7.25. The first-order valence-corrected chi connectivity index (χ1v) is 4.71. The Morgan fingerprint density at radius 1 is 1.43 bits per heavy atom. The predicted molar refractivity (Wildman–Crippen MR) is 65.2 cm³/mol. The molecule has 0 heterocycles. The van der Waals surface area contributed by atoms with Crippen LogP contribution in [0.15, 0.2) is 47.6 Å². The Labute approximate surface area is 88.7 Å². The molecular formula is C12H18BN. The highest BCUT2D eigenvalue weighted by Gasteiger charge is 1.87. The van der Waals surface area contributed by atoms with Crippen molar-refractivity contribution < 1.29 is 0 Å². The number of rotatable bonds is 5. The third kappa shape index (κ3) is 7.47. The molecule has 0 saturated carbocycles. The molecule has 0 rings (SSSR count). The van der Waals surface area contributed by atoms with Gasteiger partial charge in [-0.15, -0.1) is 5.47 Å². The van der Waals surface area contributed by atoms with E-state index in [1.165, 1.54) is 5.57 Å². The van der Waals surface area contributed by atoms with Crippen LogP contribution in [0.5, 0.6) is 0 Å². The van der Waals surface area contributed by atoms with Crippen LogP contribution in [0.25, 0.3) is 0 Å². The van der Waals surface area contributed by atoms with Gasteiger partial charge in [-0.25, -0.2) is 0 Å². The highest BCUT2D eigenvalue weighted by Crippen LogP contribution is 1.94. The fourth-order valence-corrected chi connectivity index (χ4v) is 0.730. The minimum atomic E-state index is 0.790. The molecule has 0 amide bonds. The van der Waals surface area contributed by atoms with E-state index in [4.69, 9.17) is 7.85 Å². The maximum atomic E-state index is 5.47. The average molecular weight is 187 g/mol. The normalized spacial score (nSPS) is 13.4. The molecule has 74 valence electrons. The minimum Gasteiger partial charge on any atom is -0.382 e. The second-order valence-corrected chi connectivity index (χ2v) is 3.28. The SMILES string of the molecule is [B]/C(C)=C/C=C\C(=C)NC/C(C)=C/C. The zero-order chi connectivity index (χ0) is 11.0. The van der Waals surface area contributed by atoms with E-state index in [0.717, 1.165) is 17.7 Å². The maximum absolute atomic E-state index is 5.47. The van der Waals surface area contributed by atoms with Crippen LogP contribution in [-0.4, -0.2) is 14.4 Å². The van der Waals surface area contributed by atoms with Gasteiger partial charge in [0.2, 0.25) is 0 Å². The molecule has 0 atom stereocenters. The van der Waals surface area contributed by atoms with Crippen LogP contribution in [0.3, 0.4) is 0 Å². The van der Waals surface area contributed by atoms with Crippen molar-refractivity contribution in [2.24, 2.45) is 0 Å². The van der Waals surface area contributed by atoms with Gasteiger partial charge in [0.1, 0.15) is 7.85 Å². The van der Waals surface area contributed by atoms with Gasteiger partial charge in [-0.3, -0.25) is 0 Å². The van der Waals surface area contributed by atoms with Crippen molar-refractivity contribution in [3.05, 3.63) is 47.6 Å². The average Bonchev–Trinajstić information content (AvgIpc) is 2.13. The fraction of sp³-hybridized carbons (Fsp3) is 0.333. The Morgan fingerprint density at radius 2 is 2.07 bits per heavy atom. The van der Waals surface area contributed by atoms with Crippen LogP contribution in [0.1, 0.15) is 20.8 Å². The molecule has 1 N–H and O–H groups in total. The Hall–Kier alpha value is -1.18. The number of hydrogen-bond donors (Lipinski definition) is 1. The van der Waals surface area contributed by atoms with Gasteiger partial charge in [-0.05, 0) is 19.9 Å².